The standard InChI is InChI=1S/C17H25ClN6.HI/c1-12(14-8-6-7-9-15(14)18)22-16(19-2)20-10-13-11-21-17(23(3)4)24(13)5;/h6-9,11-12H,10H2,1-5H3,(H2,19,20,22);1H. The molecule has 0 amide bonds. The summed E-state index contributed by atoms with van der Waals surface area (Å²) in [5.74, 6) is 1.63. The van der Waals surface area contributed by atoms with Gasteiger partial charge < -0.3 is 20.1 Å². The van der Waals surface area contributed by atoms with Gasteiger partial charge in [0.1, 0.15) is 0 Å². The van der Waals surface area contributed by atoms with E-state index in [1.807, 2.05) is 56.5 Å². The Morgan fingerprint density at radius 3 is 2.60 bits per heavy atom. The van der Waals surface area contributed by atoms with Crippen molar-refractivity contribution < 1.29 is 0 Å². The molecule has 0 saturated heterocycles. The number of hydrogen-bond acceptors (Lipinski definition) is 3. The van der Waals surface area contributed by atoms with Crippen molar-refractivity contribution in [2.24, 2.45) is 12.0 Å². The molecule has 0 aliphatic rings. The molecule has 0 aliphatic carbocycles. The van der Waals surface area contributed by atoms with Crippen LogP contribution in [-0.4, -0.2) is 36.7 Å². The van der Waals surface area contributed by atoms with E-state index in [1.54, 1.807) is 7.05 Å². The highest BCUT2D eigenvalue weighted by Crippen LogP contribution is 2.21. The molecule has 0 bridgehead atoms. The second-order valence-electron chi connectivity index (χ2n) is 5.82. The third kappa shape index (κ3) is 5.50. The van der Waals surface area contributed by atoms with Crippen LogP contribution in [-0.2, 0) is 13.6 Å². The molecule has 2 rings (SSSR count). The summed E-state index contributed by atoms with van der Waals surface area (Å²) in [7, 11) is 7.71. The molecule has 138 valence electrons. The highest BCUT2D eigenvalue weighted by molar-refractivity contribution is 14.0. The van der Waals surface area contributed by atoms with Crippen LogP contribution < -0.4 is 15.5 Å². The number of guanidine groups is 1. The first-order valence-electron chi connectivity index (χ1n) is 7.83. The van der Waals surface area contributed by atoms with E-state index in [0.29, 0.717) is 6.54 Å². The SMILES string of the molecule is CN=C(NCc1cnc(N(C)C)n1C)NC(C)c1ccccc1Cl.I. The molecule has 0 saturated carbocycles. The molecule has 1 atom stereocenters. The van der Waals surface area contributed by atoms with Gasteiger partial charge in [-0.3, -0.25) is 4.99 Å². The van der Waals surface area contributed by atoms with Crippen molar-refractivity contribution in [2.75, 3.05) is 26.0 Å². The Hall–Kier alpha value is -1.48. The van der Waals surface area contributed by atoms with Crippen molar-refractivity contribution in [2.45, 2.75) is 19.5 Å². The quantitative estimate of drug-likeness (QED) is 0.395. The van der Waals surface area contributed by atoms with Crippen molar-refractivity contribution in [3.8, 4) is 0 Å². The summed E-state index contributed by atoms with van der Waals surface area (Å²) < 4.78 is 2.05. The normalized spacial score (nSPS) is 12.3. The van der Waals surface area contributed by atoms with Gasteiger partial charge in [-0.1, -0.05) is 29.8 Å². The predicted octanol–water partition coefficient (Wildman–Crippen LogP) is 3.18. The molecule has 0 fully saturated rings. The number of halogens is 2. The largest absolute Gasteiger partial charge is 0.351 e. The van der Waals surface area contributed by atoms with Crippen molar-refractivity contribution in [1.29, 1.82) is 0 Å². The highest BCUT2D eigenvalue weighted by atomic mass is 127. The Morgan fingerprint density at radius 2 is 2.04 bits per heavy atom. The minimum atomic E-state index is 0. The maximum Gasteiger partial charge on any atom is 0.204 e. The molecule has 2 aromatic rings. The van der Waals surface area contributed by atoms with Gasteiger partial charge >= 0.3 is 0 Å². The van der Waals surface area contributed by atoms with E-state index in [4.69, 9.17) is 11.6 Å². The molecule has 8 heteroatoms. The average Bonchev–Trinajstić information content (AvgIpc) is 2.92. The monoisotopic (exact) mass is 476 g/mol. The molecule has 6 nitrogen and oxygen atoms in total. The van der Waals surface area contributed by atoms with Crippen molar-refractivity contribution >= 4 is 47.5 Å². The Labute approximate surface area is 171 Å². The van der Waals surface area contributed by atoms with Gasteiger partial charge in [-0.15, -0.1) is 24.0 Å². The summed E-state index contributed by atoms with van der Waals surface area (Å²) in [6.45, 7) is 2.69. The topological polar surface area (TPSA) is 57.5 Å². The lowest BCUT2D eigenvalue weighted by atomic mass is 10.1. The fourth-order valence-electron chi connectivity index (χ4n) is 2.49. The predicted molar refractivity (Wildman–Crippen MR) is 116 cm³/mol. The Balaban J connectivity index is 0.00000312. The van der Waals surface area contributed by atoms with E-state index in [9.17, 15) is 0 Å². The summed E-state index contributed by atoms with van der Waals surface area (Å²) in [5, 5.41) is 7.42. The van der Waals surface area contributed by atoms with Crippen LogP contribution in [0.15, 0.2) is 35.5 Å². The molecule has 0 aliphatic heterocycles. The fourth-order valence-corrected chi connectivity index (χ4v) is 2.79. The second-order valence-corrected chi connectivity index (χ2v) is 6.22. The van der Waals surface area contributed by atoms with E-state index >= 15 is 0 Å². The zero-order valence-electron chi connectivity index (χ0n) is 15.2. The second kappa shape index (κ2) is 9.86. The van der Waals surface area contributed by atoms with Crippen LogP contribution in [0.25, 0.3) is 0 Å². The first-order chi connectivity index (χ1) is 11.4. The third-order valence-corrected chi connectivity index (χ3v) is 4.19. The Kier molecular flexibility index (Phi) is 8.51. The van der Waals surface area contributed by atoms with Crippen LogP contribution in [0.3, 0.4) is 0 Å². The summed E-state index contributed by atoms with van der Waals surface area (Å²) in [6, 6.07) is 7.86. The van der Waals surface area contributed by atoms with Crippen LogP contribution in [0.5, 0.6) is 0 Å². The van der Waals surface area contributed by atoms with Gasteiger partial charge in [-0.2, -0.15) is 0 Å². The molecule has 0 radical (unpaired) electrons. The smallest absolute Gasteiger partial charge is 0.204 e. The number of hydrogen-bond donors (Lipinski definition) is 2. The molecule has 25 heavy (non-hydrogen) atoms. The summed E-state index contributed by atoms with van der Waals surface area (Å²) in [5.41, 5.74) is 2.12. The van der Waals surface area contributed by atoms with Gasteiger partial charge in [0.25, 0.3) is 0 Å². The lowest BCUT2D eigenvalue weighted by Crippen LogP contribution is -2.38. The number of anilines is 1. The number of imidazole rings is 1. The molecular formula is C17H26ClIN6. The number of nitrogens with one attached hydrogen (secondary N) is 2. The Morgan fingerprint density at radius 1 is 1.36 bits per heavy atom. The molecular weight excluding hydrogens is 451 g/mol. The minimum Gasteiger partial charge on any atom is -0.351 e. The highest BCUT2D eigenvalue weighted by Gasteiger charge is 2.12. The first kappa shape index (κ1) is 21.6. The van der Waals surface area contributed by atoms with E-state index in [-0.39, 0.29) is 30.0 Å². The van der Waals surface area contributed by atoms with E-state index in [2.05, 4.69) is 32.1 Å². The molecule has 1 aromatic carbocycles. The average molecular weight is 477 g/mol. The van der Waals surface area contributed by atoms with Crippen LogP contribution in [0.2, 0.25) is 5.02 Å². The first-order valence-corrected chi connectivity index (χ1v) is 8.21. The molecule has 1 unspecified atom stereocenters. The zero-order valence-corrected chi connectivity index (χ0v) is 18.3. The minimum absolute atomic E-state index is 0. The van der Waals surface area contributed by atoms with Gasteiger partial charge in [-0.05, 0) is 18.6 Å². The van der Waals surface area contributed by atoms with E-state index < -0.39 is 0 Å². The third-order valence-electron chi connectivity index (χ3n) is 3.85. The Bertz CT molecular complexity index is 713. The van der Waals surface area contributed by atoms with Crippen LogP contribution in [0, 0.1) is 0 Å². The van der Waals surface area contributed by atoms with Crippen LogP contribution in [0.4, 0.5) is 5.95 Å². The van der Waals surface area contributed by atoms with Gasteiger partial charge in [0.15, 0.2) is 5.96 Å². The van der Waals surface area contributed by atoms with Crippen molar-refractivity contribution in [3.63, 3.8) is 0 Å². The summed E-state index contributed by atoms with van der Waals surface area (Å²) in [4.78, 5) is 10.7. The molecule has 2 N–H and O–H groups in total. The van der Waals surface area contributed by atoms with Gasteiger partial charge in [0, 0.05) is 33.2 Å². The number of aliphatic imine (C=N–C) groups is 1. The van der Waals surface area contributed by atoms with Gasteiger partial charge in [-0.25, -0.2) is 4.98 Å². The molecule has 0 spiro atoms. The number of benzene rings is 1. The molecule has 1 heterocycles. The summed E-state index contributed by atoms with van der Waals surface area (Å²) in [6.07, 6.45) is 1.87. The number of nitrogens with zero attached hydrogens (tertiary/aromatic N) is 4. The van der Waals surface area contributed by atoms with Crippen LogP contribution >= 0.6 is 35.6 Å². The maximum atomic E-state index is 6.26. The number of rotatable bonds is 5. The summed E-state index contributed by atoms with van der Waals surface area (Å²) >= 11 is 6.26. The lowest BCUT2D eigenvalue weighted by Gasteiger charge is -2.19. The van der Waals surface area contributed by atoms with Crippen LogP contribution in [0.1, 0.15) is 24.2 Å². The van der Waals surface area contributed by atoms with E-state index in [0.717, 1.165) is 28.2 Å². The number of aromatic nitrogens is 2. The van der Waals surface area contributed by atoms with Gasteiger partial charge in [0.2, 0.25) is 5.95 Å². The van der Waals surface area contributed by atoms with E-state index in [1.165, 1.54) is 0 Å². The molecule has 1 aromatic heterocycles. The maximum absolute atomic E-state index is 6.26. The lowest BCUT2D eigenvalue weighted by molar-refractivity contribution is 0.676. The van der Waals surface area contributed by atoms with Crippen molar-refractivity contribution in [3.05, 3.63) is 46.7 Å². The fraction of sp³-hybridized carbons (Fsp3) is 0.412. The zero-order chi connectivity index (χ0) is 17.7. The van der Waals surface area contributed by atoms with Crippen molar-refractivity contribution in [1.82, 2.24) is 20.2 Å². The van der Waals surface area contributed by atoms with Gasteiger partial charge in [0.05, 0.1) is 24.5 Å².